The number of amides is 9. The molecule has 1 aromatic carbocycles. The highest BCUT2D eigenvalue weighted by molar-refractivity contribution is 7.98. The second-order valence-corrected chi connectivity index (χ2v) is 21.6. The minimum Gasteiger partial charge on any atom is -0.508 e. The Labute approximate surface area is 480 Å². The number of nitrogens with zero attached hydrogens (tertiary/aromatic N) is 2. The van der Waals surface area contributed by atoms with Crippen LogP contribution >= 0.6 is 11.8 Å². The molecule has 0 aromatic heterocycles. The van der Waals surface area contributed by atoms with Crippen molar-refractivity contribution >= 4 is 88.8 Å². The summed E-state index contributed by atoms with van der Waals surface area (Å²) in [6, 6.07) is -6.78. The average Bonchev–Trinajstić information content (AvgIpc) is 3.91. The van der Waals surface area contributed by atoms with Gasteiger partial charge in [-0.3, -0.25) is 57.7 Å². The van der Waals surface area contributed by atoms with Crippen molar-refractivity contribution < 1.29 is 78.0 Å². The number of nitrogens with one attached hydrogen (secondary N) is 8. The smallest absolute Gasteiger partial charge is 0.326 e. The van der Waals surface area contributed by atoms with E-state index in [0.717, 1.165) is 0 Å². The van der Waals surface area contributed by atoms with Crippen molar-refractivity contribution in [2.75, 3.05) is 31.6 Å². The van der Waals surface area contributed by atoms with Gasteiger partial charge in [-0.05, 0) is 86.0 Å². The molecule has 1 aliphatic heterocycles. The molecule has 30 heteroatoms. The van der Waals surface area contributed by atoms with Crippen LogP contribution in [0.5, 0.6) is 5.75 Å². The number of benzene rings is 1. The van der Waals surface area contributed by atoms with Gasteiger partial charge >= 0.3 is 17.9 Å². The summed E-state index contributed by atoms with van der Waals surface area (Å²) in [5.41, 5.74) is 17.3. The van der Waals surface area contributed by atoms with Gasteiger partial charge in [0.2, 0.25) is 53.2 Å². The zero-order valence-electron chi connectivity index (χ0n) is 47.4. The molecule has 0 radical (unpaired) electrons. The molecule has 0 spiro atoms. The molecule has 1 saturated heterocycles. The number of aliphatic imine (C=N–C) groups is 1. The molecule has 82 heavy (non-hydrogen) atoms. The van der Waals surface area contributed by atoms with Gasteiger partial charge in [-0.25, -0.2) is 4.79 Å². The molecule has 0 saturated carbocycles. The van der Waals surface area contributed by atoms with Crippen molar-refractivity contribution in [3.05, 3.63) is 29.8 Å². The van der Waals surface area contributed by atoms with Gasteiger partial charge in [-0.15, -0.1) is 0 Å². The Morgan fingerprint density at radius 3 is 1.76 bits per heavy atom. The number of rotatable bonds is 36. The molecule has 1 aromatic rings. The second kappa shape index (κ2) is 35.2. The molecule has 2 rings (SSSR count). The van der Waals surface area contributed by atoms with Crippen LogP contribution < -0.4 is 59.7 Å². The van der Waals surface area contributed by atoms with Gasteiger partial charge in [0, 0.05) is 25.9 Å². The first kappa shape index (κ1) is 70.3. The number of hydrogen-bond donors (Lipinski definition) is 15. The summed E-state index contributed by atoms with van der Waals surface area (Å²) in [7, 11) is 0. The van der Waals surface area contributed by atoms with Crippen molar-refractivity contribution in [3.8, 4) is 5.75 Å². The number of carbonyl (C=O) groups is 12. The molecule has 458 valence electrons. The molecule has 29 nitrogen and oxygen atoms in total. The van der Waals surface area contributed by atoms with Crippen LogP contribution in [0.4, 0.5) is 0 Å². The third-order valence-corrected chi connectivity index (χ3v) is 14.0. The lowest BCUT2D eigenvalue weighted by atomic mass is 9.97. The number of aromatic hydroxyl groups is 1. The molecular weight excluding hydrogens is 1090 g/mol. The monoisotopic (exact) mass is 1180 g/mol. The molecule has 10 atom stereocenters. The maximum atomic E-state index is 14.6. The fourth-order valence-corrected chi connectivity index (χ4v) is 8.93. The first-order valence-electron chi connectivity index (χ1n) is 26.9. The van der Waals surface area contributed by atoms with Gasteiger partial charge in [-0.2, -0.15) is 11.8 Å². The minimum atomic E-state index is -1.76. The maximum Gasteiger partial charge on any atom is 0.326 e. The number of aliphatic carboxylic acids is 3. The van der Waals surface area contributed by atoms with Gasteiger partial charge in [0.25, 0.3) is 0 Å². The predicted octanol–water partition coefficient (Wildman–Crippen LogP) is -2.65. The first-order valence-corrected chi connectivity index (χ1v) is 28.3. The summed E-state index contributed by atoms with van der Waals surface area (Å²) in [6.07, 6.45) is 0.686. The Morgan fingerprint density at radius 1 is 0.671 bits per heavy atom. The van der Waals surface area contributed by atoms with Gasteiger partial charge in [0.1, 0.15) is 54.1 Å². The highest BCUT2D eigenvalue weighted by atomic mass is 32.2. The summed E-state index contributed by atoms with van der Waals surface area (Å²) in [4.78, 5) is 164. The number of guanidine groups is 1. The van der Waals surface area contributed by atoms with Crippen molar-refractivity contribution in [2.24, 2.45) is 39.9 Å². The van der Waals surface area contributed by atoms with E-state index in [1.165, 1.54) is 40.9 Å². The average molecular weight is 1180 g/mol. The Balaban J connectivity index is 2.45. The highest BCUT2D eigenvalue weighted by Crippen LogP contribution is 2.21. The molecule has 1 heterocycles. The Hall–Kier alpha value is -7.76. The lowest BCUT2D eigenvalue weighted by molar-refractivity contribution is -0.150. The molecular formula is C52H83N13O16S. The summed E-state index contributed by atoms with van der Waals surface area (Å²) in [5.74, 6) is -13.6. The fourth-order valence-electron chi connectivity index (χ4n) is 8.46. The number of phenols is 1. The standard InChI is InChI=1S/C52H83N13O16S/c1-8-28(6)42(48(77)57-25-37(67)62-41(27(4)5)50(79)65-21-10-12-36(65)51(80)81)64-44(73)32(11-9-20-56-52(54)55)58-46(75)34(23-29-13-15-30(66)16-14-29)61-49(78)40(26(2)3)63-45(74)33(19-22-82-7)59-47(76)35(24-39(70)71)60-43(72)31(53)17-18-38(68)69/h13-16,26-28,31-36,40-42,66H,8-12,17-25,53H2,1-7H3,(H,57,77)(H,58,75)(H,59,76)(H,60,72)(H,61,78)(H,62,67)(H,63,74)(H,64,73)(H,68,69)(H,70,71)(H,80,81)(H4,54,55,56)/t28-,31-,32-,33-,34-,35-,36-,40-,41-,42-/m0/s1. The molecule has 18 N–H and O–H groups in total. The summed E-state index contributed by atoms with van der Waals surface area (Å²) in [6.45, 7) is 9.45. The van der Waals surface area contributed by atoms with Crippen LogP contribution in [0.25, 0.3) is 0 Å². The van der Waals surface area contributed by atoms with Crippen molar-refractivity contribution in [2.45, 2.75) is 160 Å². The lowest BCUT2D eigenvalue weighted by Gasteiger charge is -2.30. The van der Waals surface area contributed by atoms with E-state index in [2.05, 4.69) is 47.5 Å². The van der Waals surface area contributed by atoms with Crippen LogP contribution in [0, 0.1) is 17.8 Å². The van der Waals surface area contributed by atoms with Crippen LogP contribution in [0.2, 0.25) is 0 Å². The molecule has 0 unspecified atom stereocenters. The maximum absolute atomic E-state index is 14.6. The van der Waals surface area contributed by atoms with E-state index in [0.29, 0.717) is 18.4 Å². The molecule has 1 aliphatic rings. The van der Waals surface area contributed by atoms with Crippen molar-refractivity contribution in [3.63, 3.8) is 0 Å². The third-order valence-electron chi connectivity index (χ3n) is 13.4. The van der Waals surface area contributed by atoms with Gasteiger partial charge in [0.05, 0.1) is 19.0 Å². The zero-order valence-corrected chi connectivity index (χ0v) is 48.2. The van der Waals surface area contributed by atoms with E-state index in [4.69, 9.17) is 22.3 Å². The van der Waals surface area contributed by atoms with Gasteiger partial charge < -0.3 is 85.1 Å². The van der Waals surface area contributed by atoms with Crippen LogP contribution in [-0.2, 0) is 64.0 Å². The number of likely N-dealkylation sites (tertiary alicyclic amines) is 1. The predicted molar refractivity (Wildman–Crippen MR) is 300 cm³/mol. The molecule has 0 aliphatic carbocycles. The normalized spacial score (nSPS) is 16.3. The van der Waals surface area contributed by atoms with E-state index in [1.807, 2.05) is 0 Å². The van der Waals surface area contributed by atoms with Crippen molar-refractivity contribution in [1.29, 1.82) is 0 Å². The van der Waals surface area contributed by atoms with E-state index in [9.17, 15) is 72.9 Å². The summed E-state index contributed by atoms with van der Waals surface area (Å²) in [5, 5.41) is 58.5. The lowest BCUT2D eigenvalue weighted by Crippen LogP contribution is -2.61. The van der Waals surface area contributed by atoms with Crippen LogP contribution in [0.3, 0.4) is 0 Å². The largest absolute Gasteiger partial charge is 0.508 e. The number of carboxylic acids is 3. The number of phenolic OH excluding ortho intramolecular Hbond substituents is 1. The van der Waals surface area contributed by atoms with Crippen molar-refractivity contribution in [1.82, 2.24) is 47.4 Å². The van der Waals surface area contributed by atoms with Crippen LogP contribution in [-0.4, -0.2) is 188 Å². The second-order valence-electron chi connectivity index (χ2n) is 20.6. The zero-order chi connectivity index (χ0) is 62.0. The van der Waals surface area contributed by atoms with E-state index >= 15 is 0 Å². The highest BCUT2D eigenvalue weighted by Gasteiger charge is 2.40. The number of carbonyl (C=O) groups excluding carboxylic acids is 9. The van der Waals surface area contributed by atoms with Crippen LogP contribution in [0.15, 0.2) is 29.3 Å². The number of thioether (sulfide) groups is 1. The van der Waals surface area contributed by atoms with Gasteiger partial charge in [-0.1, -0.05) is 60.1 Å². The summed E-state index contributed by atoms with van der Waals surface area (Å²) < 4.78 is 0. The quantitative estimate of drug-likeness (QED) is 0.0185. The summed E-state index contributed by atoms with van der Waals surface area (Å²) >= 11 is 1.29. The number of nitrogens with two attached hydrogens (primary N) is 3. The van der Waals surface area contributed by atoms with E-state index in [1.54, 1.807) is 47.8 Å². The van der Waals surface area contributed by atoms with Crippen LogP contribution in [0.1, 0.15) is 105 Å². The third kappa shape index (κ3) is 24.1. The molecule has 9 amide bonds. The topological polar surface area (TPSA) is 476 Å². The fraction of sp³-hybridized carbons (Fsp3) is 0.635. The Morgan fingerprint density at radius 2 is 1.22 bits per heavy atom. The molecule has 1 fully saturated rings. The SMILES string of the molecule is CC[C@H](C)[C@H](NC(=O)[C@H](CCCN=C(N)N)NC(=O)[C@H](Cc1ccc(O)cc1)NC(=O)[C@@H](NC(=O)[C@H](CCSC)NC(=O)[C@H](CC(=O)O)NC(=O)[C@@H](N)CCC(=O)O)C(C)C)C(=O)NCC(=O)N[C@H](C(=O)N1CCC[C@H]1C(=O)O)C(C)C. The first-order chi connectivity index (χ1) is 38.5. The Kier molecular flexibility index (Phi) is 30.2. The van der Waals surface area contributed by atoms with Gasteiger partial charge in [0.15, 0.2) is 5.96 Å². The van der Waals surface area contributed by atoms with E-state index < -0.39 is 163 Å². The number of carboxylic acid groups (broad SMARTS) is 3. The minimum absolute atomic E-state index is 0.000414. The van der Waals surface area contributed by atoms with E-state index in [-0.39, 0.29) is 69.1 Å². The Bertz CT molecular complexity index is 2430. The molecule has 0 bridgehead atoms. The number of hydrogen-bond acceptors (Lipinski definition) is 16.